The van der Waals surface area contributed by atoms with Crippen LogP contribution in [0.25, 0.3) is 0 Å². The number of para-hydroxylation sites is 1. The van der Waals surface area contributed by atoms with Crippen molar-refractivity contribution in [2.24, 2.45) is 0 Å². The Balaban J connectivity index is 1.97. The number of hydrogen-bond acceptors (Lipinski definition) is 2. The smallest absolute Gasteiger partial charge is 0.153 e. The summed E-state index contributed by atoms with van der Waals surface area (Å²) >= 11 is 5.92. The molecule has 0 bridgehead atoms. The van der Waals surface area contributed by atoms with Crippen LogP contribution in [0.2, 0.25) is 0 Å². The number of nitrogens with zero attached hydrogens (tertiary/aromatic N) is 1. The van der Waals surface area contributed by atoms with Crippen molar-refractivity contribution in [1.29, 1.82) is 0 Å². The minimum atomic E-state index is 0.128. The van der Waals surface area contributed by atoms with Gasteiger partial charge in [-0.25, -0.2) is 0 Å². The van der Waals surface area contributed by atoms with Crippen molar-refractivity contribution < 1.29 is 4.74 Å². The van der Waals surface area contributed by atoms with Gasteiger partial charge >= 0.3 is 0 Å². The molecule has 100 valence electrons. The minimum absolute atomic E-state index is 0.128. The second-order valence-electron chi connectivity index (χ2n) is 4.81. The third-order valence-electron chi connectivity index (χ3n) is 3.42. The lowest BCUT2D eigenvalue weighted by Gasteiger charge is -2.30. The first-order valence-corrected chi connectivity index (χ1v) is 7.45. The lowest BCUT2D eigenvalue weighted by molar-refractivity contribution is 0.0253. The SMILES string of the molecule is ClCCC(Oc1ccccc1)N1CCCCCC1. The fourth-order valence-electron chi connectivity index (χ4n) is 2.45. The van der Waals surface area contributed by atoms with Crippen LogP contribution in [0.4, 0.5) is 0 Å². The highest BCUT2D eigenvalue weighted by atomic mass is 35.5. The second-order valence-corrected chi connectivity index (χ2v) is 5.19. The quantitative estimate of drug-likeness (QED) is 0.751. The molecule has 1 fully saturated rings. The molecule has 2 nitrogen and oxygen atoms in total. The van der Waals surface area contributed by atoms with E-state index >= 15 is 0 Å². The standard InChI is InChI=1S/C15H22ClNO/c16-11-10-15(17-12-6-1-2-7-13-17)18-14-8-4-3-5-9-14/h3-5,8-9,15H,1-2,6-7,10-13H2. The highest BCUT2D eigenvalue weighted by Crippen LogP contribution is 2.19. The van der Waals surface area contributed by atoms with Gasteiger partial charge in [-0.15, -0.1) is 11.6 Å². The molecule has 1 saturated heterocycles. The summed E-state index contributed by atoms with van der Waals surface area (Å²) in [5.41, 5.74) is 0. The first-order chi connectivity index (χ1) is 8.90. The Kier molecular flexibility index (Phi) is 5.82. The molecule has 1 heterocycles. The molecule has 18 heavy (non-hydrogen) atoms. The largest absolute Gasteiger partial charge is 0.475 e. The Morgan fingerprint density at radius 1 is 1.06 bits per heavy atom. The zero-order valence-corrected chi connectivity index (χ0v) is 11.6. The van der Waals surface area contributed by atoms with Gasteiger partial charge in [0.15, 0.2) is 6.23 Å². The van der Waals surface area contributed by atoms with Gasteiger partial charge < -0.3 is 4.74 Å². The van der Waals surface area contributed by atoms with Gasteiger partial charge in [0, 0.05) is 25.4 Å². The normalized spacial score (nSPS) is 19.2. The average molecular weight is 268 g/mol. The molecule has 1 unspecified atom stereocenters. The van der Waals surface area contributed by atoms with Crippen LogP contribution in [0.1, 0.15) is 32.1 Å². The molecule has 2 rings (SSSR count). The topological polar surface area (TPSA) is 12.5 Å². The van der Waals surface area contributed by atoms with Crippen LogP contribution in [0.5, 0.6) is 5.75 Å². The fraction of sp³-hybridized carbons (Fsp3) is 0.600. The third-order valence-corrected chi connectivity index (χ3v) is 3.64. The molecule has 0 radical (unpaired) electrons. The monoisotopic (exact) mass is 267 g/mol. The summed E-state index contributed by atoms with van der Waals surface area (Å²) in [6, 6.07) is 10.1. The molecule has 1 aromatic carbocycles. The molecule has 0 spiro atoms. The molecule has 0 aliphatic carbocycles. The zero-order valence-electron chi connectivity index (χ0n) is 10.9. The van der Waals surface area contributed by atoms with Crippen LogP contribution in [0.15, 0.2) is 30.3 Å². The van der Waals surface area contributed by atoms with Gasteiger partial charge in [0.1, 0.15) is 5.75 Å². The fourth-order valence-corrected chi connectivity index (χ4v) is 2.64. The van der Waals surface area contributed by atoms with Crippen LogP contribution in [-0.2, 0) is 0 Å². The van der Waals surface area contributed by atoms with Gasteiger partial charge in [0.05, 0.1) is 0 Å². The van der Waals surface area contributed by atoms with E-state index in [-0.39, 0.29) is 6.23 Å². The van der Waals surface area contributed by atoms with Crippen molar-refractivity contribution in [3.8, 4) is 5.75 Å². The molecular weight excluding hydrogens is 246 g/mol. The van der Waals surface area contributed by atoms with E-state index < -0.39 is 0 Å². The Bertz CT molecular complexity index is 323. The molecule has 1 atom stereocenters. The Hall–Kier alpha value is -0.730. The first kappa shape index (κ1) is 13.7. The van der Waals surface area contributed by atoms with Crippen molar-refractivity contribution in [1.82, 2.24) is 4.90 Å². The van der Waals surface area contributed by atoms with E-state index in [2.05, 4.69) is 4.90 Å². The lowest BCUT2D eigenvalue weighted by Crippen LogP contribution is -2.40. The van der Waals surface area contributed by atoms with Gasteiger partial charge in [-0.05, 0) is 25.0 Å². The summed E-state index contributed by atoms with van der Waals surface area (Å²) in [5.74, 6) is 1.59. The van der Waals surface area contributed by atoms with Crippen molar-refractivity contribution in [3.05, 3.63) is 30.3 Å². The first-order valence-electron chi connectivity index (χ1n) is 6.92. The maximum absolute atomic E-state index is 6.09. The van der Waals surface area contributed by atoms with Crippen LogP contribution < -0.4 is 4.74 Å². The number of halogens is 1. The Labute approximate surface area is 115 Å². The van der Waals surface area contributed by atoms with Crippen LogP contribution in [0, 0.1) is 0 Å². The van der Waals surface area contributed by atoms with Gasteiger partial charge in [-0.3, -0.25) is 4.90 Å². The minimum Gasteiger partial charge on any atom is -0.475 e. The number of likely N-dealkylation sites (tertiary alicyclic amines) is 1. The molecule has 1 aromatic rings. The third kappa shape index (κ3) is 4.18. The molecule has 0 N–H and O–H groups in total. The average Bonchev–Trinajstić information content (AvgIpc) is 2.68. The maximum atomic E-state index is 6.09. The Morgan fingerprint density at radius 3 is 2.33 bits per heavy atom. The molecule has 0 aromatic heterocycles. The van der Waals surface area contributed by atoms with Crippen molar-refractivity contribution in [2.75, 3.05) is 19.0 Å². The molecule has 0 saturated carbocycles. The van der Waals surface area contributed by atoms with E-state index in [9.17, 15) is 0 Å². The van der Waals surface area contributed by atoms with Gasteiger partial charge in [0.25, 0.3) is 0 Å². The summed E-state index contributed by atoms with van der Waals surface area (Å²) in [7, 11) is 0. The van der Waals surface area contributed by atoms with E-state index in [4.69, 9.17) is 16.3 Å². The zero-order chi connectivity index (χ0) is 12.6. The molecule has 1 aliphatic rings. The maximum Gasteiger partial charge on any atom is 0.153 e. The number of alkyl halides is 1. The van der Waals surface area contributed by atoms with Crippen LogP contribution >= 0.6 is 11.6 Å². The highest BCUT2D eigenvalue weighted by Gasteiger charge is 2.20. The number of hydrogen-bond donors (Lipinski definition) is 0. The number of rotatable bonds is 5. The van der Waals surface area contributed by atoms with E-state index in [1.165, 1.54) is 25.7 Å². The Morgan fingerprint density at radius 2 is 1.72 bits per heavy atom. The van der Waals surface area contributed by atoms with Crippen molar-refractivity contribution in [2.45, 2.75) is 38.3 Å². The summed E-state index contributed by atoms with van der Waals surface area (Å²) < 4.78 is 6.09. The second kappa shape index (κ2) is 7.65. The molecule has 1 aliphatic heterocycles. The summed E-state index contributed by atoms with van der Waals surface area (Å²) in [6.07, 6.45) is 6.25. The molecule has 3 heteroatoms. The van der Waals surface area contributed by atoms with Crippen molar-refractivity contribution >= 4 is 11.6 Å². The lowest BCUT2D eigenvalue weighted by atomic mass is 10.2. The van der Waals surface area contributed by atoms with Gasteiger partial charge in [0.2, 0.25) is 0 Å². The highest BCUT2D eigenvalue weighted by molar-refractivity contribution is 6.17. The van der Waals surface area contributed by atoms with E-state index in [0.717, 1.165) is 25.3 Å². The predicted octanol–water partition coefficient (Wildman–Crippen LogP) is 3.90. The van der Waals surface area contributed by atoms with Crippen LogP contribution in [-0.4, -0.2) is 30.1 Å². The molecular formula is C15H22ClNO. The van der Waals surface area contributed by atoms with E-state index in [0.29, 0.717) is 5.88 Å². The van der Waals surface area contributed by atoms with E-state index in [1.807, 2.05) is 30.3 Å². The predicted molar refractivity (Wildman–Crippen MR) is 76.2 cm³/mol. The van der Waals surface area contributed by atoms with E-state index in [1.54, 1.807) is 0 Å². The van der Waals surface area contributed by atoms with Crippen LogP contribution in [0.3, 0.4) is 0 Å². The van der Waals surface area contributed by atoms with Gasteiger partial charge in [-0.1, -0.05) is 31.0 Å². The molecule has 0 amide bonds. The summed E-state index contributed by atoms with van der Waals surface area (Å²) in [5, 5.41) is 0. The number of benzene rings is 1. The van der Waals surface area contributed by atoms with Crippen molar-refractivity contribution in [3.63, 3.8) is 0 Å². The summed E-state index contributed by atoms with van der Waals surface area (Å²) in [6.45, 7) is 2.27. The summed E-state index contributed by atoms with van der Waals surface area (Å²) in [4.78, 5) is 2.45. The number of ether oxygens (including phenoxy) is 1. The van der Waals surface area contributed by atoms with Gasteiger partial charge in [-0.2, -0.15) is 0 Å².